The fourth-order valence-electron chi connectivity index (χ4n) is 9.32. The largest absolute Gasteiger partial charge is 0.323 e. The minimum Gasteiger partial charge on any atom is -0.323 e. The summed E-state index contributed by atoms with van der Waals surface area (Å²) in [5, 5.41) is 13.0. The van der Waals surface area contributed by atoms with Crippen LogP contribution in [0.1, 0.15) is 56.9 Å². The van der Waals surface area contributed by atoms with Gasteiger partial charge in [-0.3, -0.25) is 9.59 Å². The zero-order valence-corrected chi connectivity index (χ0v) is 19.4. The van der Waals surface area contributed by atoms with Gasteiger partial charge >= 0.3 is 0 Å². The van der Waals surface area contributed by atoms with Gasteiger partial charge in [-0.05, 0) is 73.5 Å². The number of nitrogens with one attached hydrogen (secondary N) is 1. The molecule has 4 aliphatic carbocycles. The first-order valence-corrected chi connectivity index (χ1v) is 12.9. The van der Waals surface area contributed by atoms with E-state index >= 15 is 0 Å². The number of fused-ring (bicyclic) bond motifs is 3. The fraction of sp³-hybridized carbons (Fsp3) is 0.667. The number of benzene rings is 1. The molecule has 7 rings (SSSR count). The van der Waals surface area contributed by atoms with Gasteiger partial charge in [0, 0.05) is 36.0 Å². The molecule has 0 radical (unpaired) electrons. The molecule has 2 saturated heterocycles. The summed E-state index contributed by atoms with van der Waals surface area (Å²) in [4.78, 5) is 28.4. The van der Waals surface area contributed by atoms with Gasteiger partial charge in [-0.1, -0.05) is 12.1 Å². The second-order valence-corrected chi connectivity index (χ2v) is 11.9. The molecule has 2 amide bonds. The summed E-state index contributed by atoms with van der Waals surface area (Å²) in [6, 6.07) is 10.2. The highest BCUT2D eigenvalue weighted by Gasteiger charge is 2.82. The lowest BCUT2D eigenvalue weighted by atomic mass is 9.44. The Morgan fingerprint density at radius 2 is 2.00 bits per heavy atom. The lowest BCUT2D eigenvalue weighted by molar-refractivity contribution is -0.131. The van der Waals surface area contributed by atoms with Crippen LogP contribution in [0.3, 0.4) is 0 Å². The van der Waals surface area contributed by atoms with Crippen LogP contribution in [0.4, 0.5) is 10.1 Å². The van der Waals surface area contributed by atoms with E-state index in [1.807, 2.05) is 4.90 Å². The Morgan fingerprint density at radius 3 is 2.74 bits per heavy atom. The summed E-state index contributed by atoms with van der Waals surface area (Å²) in [5.74, 6) is 1.45. The van der Waals surface area contributed by atoms with Crippen LogP contribution in [0, 0.1) is 28.6 Å². The molecule has 1 N–H and O–H groups in total. The third-order valence-electron chi connectivity index (χ3n) is 10.7. The smallest absolute Gasteiger partial charge is 0.237 e. The standard InChI is InChI=1S/C27H31FN4O2/c28-20-9-22(12-29)32(14-20)24(34)13-30-27-15-25(10-18-8-19(27)11-26(18,25)16-27)17-3-5-21(6-4-17)31-7-1-2-23(31)33/h3-6,18-20,22,30H,1-2,7-11,13-16H2/t18?,19?,20-,22-,25-,26?,27?/m0/s1. The van der Waals surface area contributed by atoms with Crippen LogP contribution in [0.2, 0.25) is 0 Å². The molecule has 0 aromatic heterocycles. The van der Waals surface area contributed by atoms with Crippen molar-refractivity contribution in [3.8, 4) is 6.07 Å². The van der Waals surface area contributed by atoms with E-state index in [1.165, 1.54) is 29.7 Å². The Balaban J connectivity index is 1.11. The quantitative estimate of drug-likeness (QED) is 0.730. The molecule has 6 fully saturated rings. The molecule has 2 heterocycles. The van der Waals surface area contributed by atoms with Crippen molar-refractivity contribution in [2.24, 2.45) is 17.3 Å². The van der Waals surface area contributed by atoms with E-state index in [2.05, 4.69) is 35.7 Å². The van der Waals surface area contributed by atoms with Crippen LogP contribution in [0.15, 0.2) is 24.3 Å². The summed E-state index contributed by atoms with van der Waals surface area (Å²) in [6.07, 6.45) is 6.44. The first-order valence-electron chi connectivity index (χ1n) is 12.9. The van der Waals surface area contributed by atoms with E-state index < -0.39 is 12.2 Å². The van der Waals surface area contributed by atoms with Crippen molar-refractivity contribution >= 4 is 17.5 Å². The Kier molecular flexibility index (Phi) is 4.18. The van der Waals surface area contributed by atoms with Crippen molar-refractivity contribution in [2.45, 2.75) is 74.5 Å². The molecule has 3 bridgehead atoms. The van der Waals surface area contributed by atoms with Gasteiger partial charge in [0.15, 0.2) is 0 Å². The number of halogens is 1. The van der Waals surface area contributed by atoms with Crippen molar-refractivity contribution < 1.29 is 14.0 Å². The average Bonchev–Trinajstić information content (AvgIpc) is 3.59. The minimum absolute atomic E-state index is 0.0385. The molecule has 4 unspecified atom stereocenters. The van der Waals surface area contributed by atoms with E-state index in [1.54, 1.807) is 0 Å². The van der Waals surface area contributed by atoms with E-state index in [-0.39, 0.29) is 42.3 Å². The number of alkyl halides is 1. The van der Waals surface area contributed by atoms with Gasteiger partial charge in [0.1, 0.15) is 12.2 Å². The molecular formula is C27H31FN4O2. The Hall–Kier alpha value is -2.46. The number of likely N-dealkylation sites (tertiary alicyclic amines) is 1. The van der Waals surface area contributed by atoms with Gasteiger partial charge < -0.3 is 15.1 Å². The van der Waals surface area contributed by atoms with E-state index in [4.69, 9.17) is 0 Å². The maximum absolute atomic E-state index is 13.8. The molecule has 1 aromatic rings. The maximum atomic E-state index is 13.8. The van der Waals surface area contributed by atoms with Crippen LogP contribution in [-0.4, -0.2) is 54.1 Å². The SMILES string of the molecule is N#C[C@@H]1C[C@H](F)CN1C(=O)CNC12CC34CC1CC3C[C@@]4(c1ccc(N3CCCC3=O)cc1)C2. The molecule has 4 saturated carbocycles. The van der Waals surface area contributed by atoms with Crippen molar-refractivity contribution in [1.29, 1.82) is 5.26 Å². The Morgan fingerprint density at radius 1 is 1.18 bits per heavy atom. The zero-order chi connectivity index (χ0) is 23.3. The third-order valence-corrected chi connectivity index (χ3v) is 10.7. The number of carbonyl (C=O) groups is 2. The number of hydrogen-bond donors (Lipinski definition) is 1. The van der Waals surface area contributed by atoms with Gasteiger partial charge in [-0.2, -0.15) is 5.26 Å². The van der Waals surface area contributed by atoms with E-state index in [9.17, 15) is 19.2 Å². The predicted molar refractivity (Wildman–Crippen MR) is 124 cm³/mol. The third kappa shape index (κ3) is 2.48. The van der Waals surface area contributed by atoms with Crippen LogP contribution in [-0.2, 0) is 15.0 Å². The van der Waals surface area contributed by atoms with Crippen LogP contribution >= 0.6 is 0 Å². The Labute approximate surface area is 199 Å². The fourth-order valence-corrected chi connectivity index (χ4v) is 9.32. The molecule has 6 aliphatic rings. The molecular weight excluding hydrogens is 431 g/mol. The highest BCUT2D eigenvalue weighted by molar-refractivity contribution is 5.95. The number of amides is 2. The first kappa shape index (κ1) is 20.9. The summed E-state index contributed by atoms with van der Waals surface area (Å²) >= 11 is 0. The van der Waals surface area contributed by atoms with Gasteiger partial charge in [0.25, 0.3) is 0 Å². The highest BCUT2D eigenvalue weighted by atomic mass is 19.1. The van der Waals surface area contributed by atoms with E-state index in [0.717, 1.165) is 37.4 Å². The van der Waals surface area contributed by atoms with Gasteiger partial charge in [-0.25, -0.2) is 4.39 Å². The van der Waals surface area contributed by atoms with Crippen molar-refractivity contribution in [2.75, 3.05) is 24.5 Å². The number of nitrogens with zero attached hydrogens (tertiary/aromatic N) is 3. The monoisotopic (exact) mass is 462 g/mol. The molecule has 178 valence electrons. The molecule has 6 nitrogen and oxygen atoms in total. The molecule has 1 spiro atoms. The second-order valence-electron chi connectivity index (χ2n) is 11.9. The number of hydrogen-bond acceptors (Lipinski definition) is 4. The van der Waals surface area contributed by atoms with Crippen LogP contribution in [0.25, 0.3) is 0 Å². The number of carbonyl (C=O) groups excluding carboxylic acids is 2. The lowest BCUT2D eigenvalue weighted by Crippen LogP contribution is -2.56. The summed E-state index contributed by atoms with van der Waals surface area (Å²) in [6.45, 7) is 1.04. The van der Waals surface area contributed by atoms with Crippen molar-refractivity contribution in [1.82, 2.24) is 10.2 Å². The second kappa shape index (κ2) is 6.81. The zero-order valence-electron chi connectivity index (χ0n) is 19.4. The summed E-state index contributed by atoms with van der Waals surface area (Å²) in [7, 11) is 0. The maximum Gasteiger partial charge on any atom is 0.237 e. The first-order chi connectivity index (χ1) is 16.4. The van der Waals surface area contributed by atoms with Gasteiger partial charge in [0.05, 0.1) is 19.2 Å². The van der Waals surface area contributed by atoms with Gasteiger partial charge in [0.2, 0.25) is 11.8 Å². The van der Waals surface area contributed by atoms with Crippen molar-refractivity contribution in [3.63, 3.8) is 0 Å². The van der Waals surface area contributed by atoms with Crippen molar-refractivity contribution in [3.05, 3.63) is 29.8 Å². The van der Waals surface area contributed by atoms with Crippen LogP contribution < -0.4 is 10.2 Å². The molecule has 7 atom stereocenters. The van der Waals surface area contributed by atoms with Crippen LogP contribution in [0.5, 0.6) is 0 Å². The molecule has 7 heteroatoms. The summed E-state index contributed by atoms with van der Waals surface area (Å²) in [5.41, 5.74) is 2.83. The average molecular weight is 463 g/mol. The number of rotatable bonds is 5. The van der Waals surface area contributed by atoms with Gasteiger partial charge in [-0.15, -0.1) is 0 Å². The highest BCUT2D eigenvalue weighted by Crippen LogP contribution is 2.85. The number of anilines is 1. The van der Waals surface area contributed by atoms with E-state index in [0.29, 0.717) is 17.8 Å². The Bertz CT molecular complexity index is 1120. The molecule has 1 aromatic carbocycles. The minimum atomic E-state index is -1.10. The summed E-state index contributed by atoms with van der Waals surface area (Å²) < 4.78 is 13.8. The normalized spacial score (nSPS) is 43.5. The predicted octanol–water partition coefficient (Wildman–Crippen LogP) is 3.07. The lowest BCUT2D eigenvalue weighted by Gasteiger charge is -2.59. The number of nitriles is 1. The molecule has 2 aliphatic heterocycles. The topological polar surface area (TPSA) is 76.4 Å². The molecule has 34 heavy (non-hydrogen) atoms.